The van der Waals surface area contributed by atoms with Crippen molar-refractivity contribution in [2.45, 2.75) is 32.1 Å². The SMILES string of the molecule is Cc1ncc(OCC2(c3ccc(F)cc3)CC2C(=O)Cc2cccnc2)c(C)n1. The van der Waals surface area contributed by atoms with E-state index in [0.717, 1.165) is 16.8 Å². The number of aromatic nitrogens is 3. The molecule has 0 spiro atoms. The molecule has 1 aliphatic rings. The van der Waals surface area contributed by atoms with Gasteiger partial charge in [0, 0.05) is 30.1 Å². The van der Waals surface area contributed by atoms with Gasteiger partial charge in [0.05, 0.1) is 18.5 Å². The molecule has 1 fully saturated rings. The lowest BCUT2D eigenvalue weighted by atomic mass is 9.91. The molecule has 1 aliphatic carbocycles. The number of ketones is 1. The van der Waals surface area contributed by atoms with Crippen LogP contribution in [0.2, 0.25) is 0 Å². The molecule has 0 N–H and O–H groups in total. The Morgan fingerprint density at radius 1 is 1.21 bits per heavy atom. The van der Waals surface area contributed by atoms with Gasteiger partial charge in [0.25, 0.3) is 0 Å². The molecule has 4 rings (SSSR count). The fourth-order valence-electron chi connectivity index (χ4n) is 3.82. The topological polar surface area (TPSA) is 65.0 Å². The molecule has 0 bridgehead atoms. The number of nitrogens with zero attached hydrogens (tertiary/aromatic N) is 3. The van der Waals surface area contributed by atoms with E-state index in [4.69, 9.17) is 4.74 Å². The molecule has 0 saturated heterocycles. The molecule has 2 unspecified atom stereocenters. The molecule has 148 valence electrons. The molecule has 1 saturated carbocycles. The summed E-state index contributed by atoms with van der Waals surface area (Å²) < 4.78 is 19.5. The van der Waals surface area contributed by atoms with Crippen molar-refractivity contribution < 1.29 is 13.9 Å². The van der Waals surface area contributed by atoms with E-state index in [9.17, 15) is 9.18 Å². The largest absolute Gasteiger partial charge is 0.489 e. The quantitative estimate of drug-likeness (QED) is 0.613. The predicted octanol–water partition coefficient (Wildman–Crippen LogP) is 3.78. The molecule has 2 heterocycles. The van der Waals surface area contributed by atoms with Crippen LogP contribution < -0.4 is 4.74 Å². The second-order valence-corrected chi connectivity index (χ2v) is 7.58. The van der Waals surface area contributed by atoms with Crippen molar-refractivity contribution >= 4 is 5.78 Å². The van der Waals surface area contributed by atoms with E-state index in [2.05, 4.69) is 15.0 Å². The highest BCUT2D eigenvalue weighted by Crippen LogP contribution is 2.55. The third-order valence-electron chi connectivity index (χ3n) is 5.52. The number of aryl methyl sites for hydroxylation is 2. The summed E-state index contributed by atoms with van der Waals surface area (Å²) in [7, 11) is 0. The van der Waals surface area contributed by atoms with Crippen LogP contribution in [0.4, 0.5) is 4.39 Å². The lowest BCUT2D eigenvalue weighted by Crippen LogP contribution is -2.24. The average Bonchev–Trinajstić information content (AvgIpc) is 3.45. The number of carbonyl (C=O) groups is 1. The Morgan fingerprint density at radius 3 is 2.69 bits per heavy atom. The summed E-state index contributed by atoms with van der Waals surface area (Å²) in [5.74, 6) is 0.940. The van der Waals surface area contributed by atoms with Gasteiger partial charge in [-0.3, -0.25) is 9.78 Å². The van der Waals surface area contributed by atoms with Gasteiger partial charge in [-0.1, -0.05) is 18.2 Å². The standard InChI is InChI=1S/C23H22FN3O2/c1-15-22(13-26-16(2)27-15)29-14-23(18-5-7-19(24)8-6-18)11-20(23)21(28)10-17-4-3-9-25-12-17/h3-9,12-13,20H,10-11,14H2,1-2H3. The van der Waals surface area contributed by atoms with Crippen molar-refractivity contribution in [2.24, 2.45) is 5.92 Å². The summed E-state index contributed by atoms with van der Waals surface area (Å²) in [6.45, 7) is 4.01. The molecular formula is C23H22FN3O2. The Morgan fingerprint density at radius 2 is 2.00 bits per heavy atom. The van der Waals surface area contributed by atoms with E-state index in [-0.39, 0.29) is 17.5 Å². The van der Waals surface area contributed by atoms with Crippen molar-refractivity contribution in [1.82, 2.24) is 15.0 Å². The number of hydrogen-bond acceptors (Lipinski definition) is 5. The zero-order valence-corrected chi connectivity index (χ0v) is 16.4. The number of hydrogen-bond donors (Lipinski definition) is 0. The van der Waals surface area contributed by atoms with Crippen molar-refractivity contribution in [1.29, 1.82) is 0 Å². The molecule has 0 aliphatic heterocycles. The smallest absolute Gasteiger partial charge is 0.158 e. The van der Waals surface area contributed by atoms with Crippen LogP contribution >= 0.6 is 0 Å². The average molecular weight is 391 g/mol. The van der Waals surface area contributed by atoms with E-state index < -0.39 is 5.41 Å². The summed E-state index contributed by atoms with van der Waals surface area (Å²) in [5, 5.41) is 0. The van der Waals surface area contributed by atoms with Gasteiger partial charge in [0.1, 0.15) is 17.4 Å². The molecule has 2 atom stereocenters. The maximum Gasteiger partial charge on any atom is 0.158 e. The third kappa shape index (κ3) is 4.01. The predicted molar refractivity (Wildman–Crippen MR) is 106 cm³/mol. The number of benzene rings is 1. The van der Waals surface area contributed by atoms with Crippen LogP contribution in [-0.4, -0.2) is 27.3 Å². The van der Waals surface area contributed by atoms with E-state index in [1.165, 1.54) is 12.1 Å². The second-order valence-electron chi connectivity index (χ2n) is 7.58. The Balaban J connectivity index is 1.56. The zero-order valence-electron chi connectivity index (χ0n) is 16.4. The number of Topliss-reactive ketones (excluding diaryl/α,β-unsaturated/α-hetero) is 1. The monoisotopic (exact) mass is 391 g/mol. The second kappa shape index (κ2) is 7.70. The minimum absolute atomic E-state index is 0.141. The van der Waals surface area contributed by atoms with Crippen LogP contribution in [0.1, 0.15) is 29.1 Å². The van der Waals surface area contributed by atoms with Gasteiger partial charge >= 0.3 is 0 Å². The highest BCUT2D eigenvalue weighted by Gasteiger charge is 2.59. The minimum Gasteiger partial charge on any atom is -0.489 e. The normalized spacial score (nSPS) is 20.3. The molecule has 0 amide bonds. The van der Waals surface area contributed by atoms with Crippen LogP contribution in [-0.2, 0) is 16.6 Å². The molecule has 6 heteroatoms. The van der Waals surface area contributed by atoms with E-state index in [0.29, 0.717) is 31.0 Å². The zero-order chi connectivity index (χ0) is 20.4. The van der Waals surface area contributed by atoms with Crippen molar-refractivity contribution in [3.8, 4) is 5.75 Å². The molecular weight excluding hydrogens is 369 g/mol. The maximum atomic E-state index is 13.5. The van der Waals surface area contributed by atoms with E-state index in [1.54, 1.807) is 30.7 Å². The Hall–Kier alpha value is -3.15. The number of carbonyl (C=O) groups excluding carboxylic acids is 1. The van der Waals surface area contributed by atoms with Crippen LogP contribution in [0.15, 0.2) is 55.0 Å². The molecule has 1 aromatic carbocycles. The Labute approximate surface area is 169 Å². The number of halogens is 1. The van der Waals surface area contributed by atoms with Crippen LogP contribution in [0.5, 0.6) is 5.75 Å². The Bertz CT molecular complexity index is 1020. The van der Waals surface area contributed by atoms with Gasteiger partial charge in [0.2, 0.25) is 0 Å². The van der Waals surface area contributed by atoms with Crippen molar-refractivity contribution in [3.05, 3.63) is 83.5 Å². The van der Waals surface area contributed by atoms with Crippen LogP contribution in [0, 0.1) is 25.6 Å². The van der Waals surface area contributed by atoms with Gasteiger partial charge in [0.15, 0.2) is 5.75 Å². The van der Waals surface area contributed by atoms with Gasteiger partial charge in [-0.15, -0.1) is 0 Å². The lowest BCUT2D eigenvalue weighted by molar-refractivity contribution is -0.120. The summed E-state index contributed by atoms with van der Waals surface area (Å²) in [6.07, 6.45) is 6.06. The van der Waals surface area contributed by atoms with Gasteiger partial charge < -0.3 is 4.74 Å². The van der Waals surface area contributed by atoms with E-state index >= 15 is 0 Å². The fourth-order valence-corrected chi connectivity index (χ4v) is 3.82. The number of ether oxygens (including phenoxy) is 1. The molecule has 5 nitrogen and oxygen atoms in total. The first-order chi connectivity index (χ1) is 14.0. The summed E-state index contributed by atoms with van der Waals surface area (Å²) in [5.41, 5.74) is 2.09. The summed E-state index contributed by atoms with van der Waals surface area (Å²) in [6, 6.07) is 10.1. The summed E-state index contributed by atoms with van der Waals surface area (Å²) in [4.78, 5) is 25.6. The first-order valence-electron chi connectivity index (χ1n) is 9.59. The van der Waals surface area contributed by atoms with Crippen LogP contribution in [0.3, 0.4) is 0 Å². The minimum atomic E-state index is -0.468. The van der Waals surface area contributed by atoms with Gasteiger partial charge in [-0.25, -0.2) is 14.4 Å². The fraction of sp³-hybridized carbons (Fsp3) is 0.304. The number of pyridine rings is 1. The van der Waals surface area contributed by atoms with Crippen molar-refractivity contribution in [2.75, 3.05) is 6.61 Å². The van der Waals surface area contributed by atoms with Crippen molar-refractivity contribution in [3.63, 3.8) is 0 Å². The van der Waals surface area contributed by atoms with Crippen LogP contribution in [0.25, 0.3) is 0 Å². The lowest BCUT2D eigenvalue weighted by Gasteiger charge is -2.19. The van der Waals surface area contributed by atoms with E-state index in [1.807, 2.05) is 26.0 Å². The molecule has 3 aromatic rings. The molecule has 29 heavy (non-hydrogen) atoms. The first-order valence-corrected chi connectivity index (χ1v) is 9.59. The van der Waals surface area contributed by atoms with Gasteiger partial charge in [-0.2, -0.15) is 0 Å². The molecule has 0 radical (unpaired) electrons. The molecule has 2 aromatic heterocycles. The van der Waals surface area contributed by atoms with Gasteiger partial charge in [-0.05, 0) is 49.6 Å². The maximum absolute atomic E-state index is 13.5. The summed E-state index contributed by atoms with van der Waals surface area (Å²) >= 11 is 0. The first kappa shape index (κ1) is 19.2. The highest BCUT2D eigenvalue weighted by molar-refractivity contribution is 5.88. The Kier molecular flexibility index (Phi) is 5.09. The highest BCUT2D eigenvalue weighted by atomic mass is 19.1. The number of rotatable bonds is 7. The third-order valence-corrected chi connectivity index (χ3v) is 5.52.